The summed E-state index contributed by atoms with van der Waals surface area (Å²) < 4.78 is 23.4. The van der Waals surface area contributed by atoms with E-state index in [1.54, 1.807) is 6.08 Å². The second-order valence-corrected chi connectivity index (χ2v) is 16.8. The van der Waals surface area contributed by atoms with Gasteiger partial charge in [-0.25, -0.2) is 4.57 Å². The Morgan fingerprint density at radius 1 is 0.660 bits per heavy atom. The number of hydrogen-bond donors (Lipinski definition) is 3. The number of phosphoric acid groups is 1. The van der Waals surface area contributed by atoms with Gasteiger partial charge in [0.2, 0.25) is 5.91 Å². The van der Waals surface area contributed by atoms with Gasteiger partial charge >= 0.3 is 7.82 Å². The zero-order valence-electron chi connectivity index (χ0n) is 33.4. The van der Waals surface area contributed by atoms with Crippen molar-refractivity contribution >= 4 is 13.7 Å². The second kappa shape index (κ2) is 33.8. The fraction of sp³-hybridized carbons (Fsp3) is 0.878. The molecule has 0 bridgehead atoms. The molecule has 0 saturated carbocycles. The maximum atomic E-state index is 12.6. The van der Waals surface area contributed by atoms with Crippen molar-refractivity contribution in [2.45, 2.75) is 193 Å². The number of amides is 1. The molecule has 1 amide bonds. The van der Waals surface area contributed by atoms with E-state index in [-0.39, 0.29) is 19.1 Å². The first-order valence-corrected chi connectivity index (χ1v) is 22.2. The third-order valence-electron chi connectivity index (χ3n) is 9.17. The van der Waals surface area contributed by atoms with Crippen molar-refractivity contribution in [1.82, 2.24) is 5.32 Å². The molecule has 0 aliphatic heterocycles. The molecule has 8 nitrogen and oxygen atoms in total. The summed E-state index contributed by atoms with van der Waals surface area (Å²) in [7, 11) is 1.55. The Hall–Kier alpha value is -1.02. The van der Waals surface area contributed by atoms with E-state index >= 15 is 0 Å². The summed E-state index contributed by atoms with van der Waals surface area (Å²) in [6.45, 7) is 4.72. The number of likely N-dealkylation sites (N-methyl/N-ethyl adjacent to an activating group) is 1. The van der Waals surface area contributed by atoms with Crippen LogP contribution in [0.15, 0.2) is 24.3 Å². The highest BCUT2D eigenvalue weighted by atomic mass is 31.2. The van der Waals surface area contributed by atoms with Gasteiger partial charge in [-0.15, -0.1) is 0 Å². The first-order chi connectivity index (χ1) is 24.0. The largest absolute Gasteiger partial charge is 0.472 e. The number of aliphatic hydroxyl groups is 1. The van der Waals surface area contributed by atoms with Crippen molar-refractivity contribution in [3.05, 3.63) is 24.3 Å². The van der Waals surface area contributed by atoms with Crippen LogP contribution >= 0.6 is 7.82 Å². The molecule has 0 aliphatic carbocycles. The summed E-state index contributed by atoms with van der Waals surface area (Å²) in [5.41, 5.74) is 0. The lowest BCUT2D eigenvalue weighted by molar-refractivity contribution is -0.870. The number of rotatable bonds is 37. The van der Waals surface area contributed by atoms with E-state index in [0.29, 0.717) is 17.4 Å². The summed E-state index contributed by atoms with van der Waals surface area (Å²) in [4.78, 5) is 22.8. The number of aliphatic hydroxyl groups excluding tert-OH is 1. The van der Waals surface area contributed by atoms with Gasteiger partial charge in [-0.3, -0.25) is 13.8 Å². The van der Waals surface area contributed by atoms with Crippen LogP contribution in [0.3, 0.4) is 0 Å². The second-order valence-electron chi connectivity index (χ2n) is 15.4. The Labute approximate surface area is 309 Å². The monoisotopic (exact) mass is 730 g/mol. The Kier molecular flexibility index (Phi) is 33.1. The van der Waals surface area contributed by atoms with Crippen LogP contribution in [0.2, 0.25) is 0 Å². The number of carbonyl (C=O) groups is 1. The topological polar surface area (TPSA) is 105 Å². The Balaban J connectivity index is 4.28. The third kappa shape index (κ3) is 35.4. The number of unbranched alkanes of at least 4 members (excludes halogenated alkanes) is 22. The normalized spacial score (nSPS) is 14.8. The lowest BCUT2D eigenvalue weighted by atomic mass is 10.0. The van der Waals surface area contributed by atoms with E-state index in [2.05, 4.69) is 31.3 Å². The number of carbonyl (C=O) groups excluding carboxylic acids is 1. The van der Waals surface area contributed by atoms with E-state index in [1.807, 2.05) is 27.2 Å². The fourth-order valence-electron chi connectivity index (χ4n) is 5.82. The fourth-order valence-corrected chi connectivity index (χ4v) is 6.56. The molecular weight excluding hydrogens is 647 g/mol. The van der Waals surface area contributed by atoms with Crippen LogP contribution < -0.4 is 5.32 Å². The van der Waals surface area contributed by atoms with Crippen LogP contribution in [0.25, 0.3) is 0 Å². The quantitative estimate of drug-likeness (QED) is 0.0254. The van der Waals surface area contributed by atoms with Gasteiger partial charge in [0.15, 0.2) is 0 Å². The van der Waals surface area contributed by atoms with Crippen molar-refractivity contribution in [3.8, 4) is 0 Å². The number of nitrogens with zero attached hydrogens (tertiary/aromatic N) is 1. The van der Waals surface area contributed by atoms with Gasteiger partial charge in [0.1, 0.15) is 13.2 Å². The van der Waals surface area contributed by atoms with Crippen LogP contribution in [-0.2, 0) is 18.4 Å². The van der Waals surface area contributed by atoms with E-state index in [4.69, 9.17) is 9.05 Å². The van der Waals surface area contributed by atoms with Gasteiger partial charge in [-0.1, -0.05) is 167 Å². The highest BCUT2D eigenvalue weighted by Gasteiger charge is 2.27. The average molecular weight is 730 g/mol. The molecule has 3 unspecified atom stereocenters. The zero-order valence-corrected chi connectivity index (χ0v) is 34.3. The first kappa shape index (κ1) is 49.0. The standard InChI is InChI=1S/C41H81N2O6P/c1-6-8-10-12-14-15-16-17-18-19-20-21-22-23-24-25-26-27-28-29-30-32-34-40(44)39(42-41(45)35-33-31-13-11-9-7-2)38-49-50(46,47)48-37-36-43(3,4)5/h27-28,32,34,39-40,44H,6-26,29-31,33,35-38H2,1-5H3,(H-,42,45,46,47)/p+1/b28-27+,34-32+. The van der Waals surface area contributed by atoms with Gasteiger partial charge in [0.25, 0.3) is 0 Å². The molecule has 9 heteroatoms. The van der Waals surface area contributed by atoms with Gasteiger partial charge in [-0.2, -0.15) is 0 Å². The highest BCUT2D eigenvalue weighted by molar-refractivity contribution is 7.47. The minimum atomic E-state index is -4.33. The van der Waals surface area contributed by atoms with E-state index in [1.165, 1.54) is 122 Å². The summed E-state index contributed by atoms with van der Waals surface area (Å²) in [5, 5.41) is 13.7. The van der Waals surface area contributed by atoms with Gasteiger partial charge in [-0.05, 0) is 32.1 Å². The lowest BCUT2D eigenvalue weighted by Crippen LogP contribution is -2.45. The van der Waals surface area contributed by atoms with Crippen LogP contribution in [0.1, 0.15) is 181 Å². The van der Waals surface area contributed by atoms with Crippen LogP contribution in [-0.4, -0.2) is 73.4 Å². The third-order valence-corrected chi connectivity index (χ3v) is 10.2. The first-order valence-electron chi connectivity index (χ1n) is 20.7. The molecule has 3 N–H and O–H groups in total. The molecule has 50 heavy (non-hydrogen) atoms. The van der Waals surface area contributed by atoms with Crippen molar-refractivity contribution in [1.29, 1.82) is 0 Å². The van der Waals surface area contributed by atoms with E-state index < -0.39 is 20.0 Å². The van der Waals surface area contributed by atoms with Crippen LogP contribution in [0, 0.1) is 0 Å². The van der Waals surface area contributed by atoms with Crippen LogP contribution in [0.5, 0.6) is 0 Å². The number of quaternary nitrogens is 1. The molecule has 0 heterocycles. The Bertz CT molecular complexity index is 876. The van der Waals surface area contributed by atoms with Crippen LogP contribution in [0.4, 0.5) is 0 Å². The molecule has 0 radical (unpaired) electrons. The average Bonchev–Trinajstić information content (AvgIpc) is 3.06. The lowest BCUT2D eigenvalue weighted by Gasteiger charge is -2.25. The number of allylic oxidation sites excluding steroid dienone is 3. The molecule has 0 spiro atoms. The number of phosphoric ester groups is 1. The maximum absolute atomic E-state index is 12.6. The summed E-state index contributed by atoms with van der Waals surface area (Å²) in [6.07, 6.45) is 38.6. The smallest absolute Gasteiger partial charge is 0.387 e. The maximum Gasteiger partial charge on any atom is 0.472 e. The van der Waals surface area contributed by atoms with E-state index in [9.17, 15) is 19.4 Å². The van der Waals surface area contributed by atoms with Gasteiger partial charge in [0, 0.05) is 6.42 Å². The summed E-state index contributed by atoms with van der Waals surface area (Å²) >= 11 is 0. The van der Waals surface area contributed by atoms with Gasteiger partial charge in [0.05, 0.1) is 39.9 Å². The van der Waals surface area contributed by atoms with Crippen molar-refractivity contribution in [3.63, 3.8) is 0 Å². The molecule has 0 aromatic heterocycles. The molecule has 0 fully saturated rings. The predicted molar refractivity (Wildman–Crippen MR) is 212 cm³/mol. The zero-order chi connectivity index (χ0) is 37.2. The minimum absolute atomic E-state index is 0.0573. The Morgan fingerprint density at radius 3 is 1.60 bits per heavy atom. The molecule has 0 aromatic carbocycles. The molecule has 0 aromatic rings. The molecule has 0 aliphatic rings. The summed E-state index contributed by atoms with van der Waals surface area (Å²) in [6, 6.07) is -0.855. The number of nitrogens with one attached hydrogen (secondary N) is 1. The van der Waals surface area contributed by atoms with Crippen molar-refractivity contribution < 1.29 is 32.9 Å². The predicted octanol–water partition coefficient (Wildman–Crippen LogP) is 11.0. The summed E-state index contributed by atoms with van der Waals surface area (Å²) in [5.74, 6) is -0.197. The molecule has 296 valence electrons. The molecule has 0 saturated heterocycles. The molecule has 0 rings (SSSR count). The molecular formula is C41H82N2O6P+. The highest BCUT2D eigenvalue weighted by Crippen LogP contribution is 2.43. The van der Waals surface area contributed by atoms with Crippen molar-refractivity contribution in [2.75, 3.05) is 40.9 Å². The number of hydrogen-bond acceptors (Lipinski definition) is 5. The van der Waals surface area contributed by atoms with E-state index in [0.717, 1.165) is 38.5 Å². The molecule has 3 atom stereocenters. The van der Waals surface area contributed by atoms with Gasteiger partial charge < -0.3 is 19.8 Å². The SMILES string of the molecule is CCCCCCCCCCCCCCCCCC/C=C/CC/C=C/C(O)C(COP(=O)(O)OCC[N+](C)(C)C)NC(=O)CCCCCCCC. The Morgan fingerprint density at radius 2 is 1.10 bits per heavy atom. The van der Waals surface area contributed by atoms with Crippen molar-refractivity contribution in [2.24, 2.45) is 0 Å². The minimum Gasteiger partial charge on any atom is -0.387 e.